The van der Waals surface area contributed by atoms with Crippen LogP contribution in [0.3, 0.4) is 0 Å². The Morgan fingerprint density at radius 1 is 1.59 bits per heavy atom. The molecule has 1 fully saturated rings. The summed E-state index contributed by atoms with van der Waals surface area (Å²) < 4.78 is 0.894. The summed E-state index contributed by atoms with van der Waals surface area (Å²) in [5.41, 5.74) is 1.03. The molecule has 0 aliphatic carbocycles. The lowest BCUT2D eigenvalue weighted by Crippen LogP contribution is -2.15. The fourth-order valence-corrected chi connectivity index (χ4v) is 3.49. The van der Waals surface area contributed by atoms with Crippen LogP contribution in [0.15, 0.2) is 22.7 Å². The van der Waals surface area contributed by atoms with Gasteiger partial charge in [0, 0.05) is 16.7 Å². The van der Waals surface area contributed by atoms with Gasteiger partial charge < -0.3 is 10.4 Å². The van der Waals surface area contributed by atoms with Crippen molar-refractivity contribution in [2.45, 2.75) is 6.42 Å². The van der Waals surface area contributed by atoms with Crippen molar-refractivity contribution < 1.29 is 9.90 Å². The largest absolute Gasteiger partial charge is 0.478 e. The van der Waals surface area contributed by atoms with Crippen molar-refractivity contribution in [3.05, 3.63) is 28.2 Å². The summed E-state index contributed by atoms with van der Waals surface area (Å²) in [5.74, 6) is 2.15. The molecule has 1 atom stereocenters. The van der Waals surface area contributed by atoms with Crippen LogP contribution in [0.25, 0.3) is 0 Å². The second-order valence-electron chi connectivity index (χ2n) is 4.11. The Labute approximate surface area is 113 Å². The van der Waals surface area contributed by atoms with E-state index in [2.05, 4.69) is 21.2 Å². The second kappa shape index (κ2) is 5.78. The van der Waals surface area contributed by atoms with Gasteiger partial charge in [0.25, 0.3) is 0 Å². The monoisotopic (exact) mass is 315 g/mol. The van der Waals surface area contributed by atoms with Gasteiger partial charge in [0.1, 0.15) is 0 Å². The minimum absolute atomic E-state index is 0.332. The Balaban J connectivity index is 2.07. The van der Waals surface area contributed by atoms with Gasteiger partial charge in [-0.3, -0.25) is 0 Å². The highest BCUT2D eigenvalue weighted by Gasteiger charge is 2.16. The smallest absolute Gasteiger partial charge is 0.337 e. The molecule has 92 valence electrons. The fraction of sp³-hybridized carbons (Fsp3) is 0.417. The molecule has 1 aliphatic heterocycles. The molecular formula is C12H14BrNO2S. The van der Waals surface area contributed by atoms with E-state index in [0.717, 1.165) is 11.0 Å². The normalized spacial score (nSPS) is 19.2. The van der Waals surface area contributed by atoms with E-state index >= 15 is 0 Å². The second-order valence-corrected chi connectivity index (χ2v) is 6.17. The number of carboxylic acids is 1. The van der Waals surface area contributed by atoms with Gasteiger partial charge in [-0.15, -0.1) is 0 Å². The molecule has 1 aromatic rings. The lowest BCUT2D eigenvalue weighted by Gasteiger charge is -2.13. The van der Waals surface area contributed by atoms with Crippen LogP contribution >= 0.6 is 27.7 Å². The summed E-state index contributed by atoms with van der Waals surface area (Å²) >= 11 is 5.33. The van der Waals surface area contributed by atoms with Crippen LogP contribution in [-0.4, -0.2) is 29.1 Å². The number of halogens is 1. The fourth-order valence-electron chi connectivity index (χ4n) is 1.85. The number of aromatic carboxylic acids is 1. The first-order valence-electron chi connectivity index (χ1n) is 5.51. The molecule has 5 heteroatoms. The highest BCUT2D eigenvalue weighted by molar-refractivity contribution is 9.10. The van der Waals surface area contributed by atoms with E-state index in [1.165, 1.54) is 17.9 Å². The third-order valence-corrected chi connectivity index (χ3v) is 4.54. The maximum atomic E-state index is 11.1. The van der Waals surface area contributed by atoms with Crippen molar-refractivity contribution in [3.63, 3.8) is 0 Å². The quantitative estimate of drug-likeness (QED) is 0.895. The molecule has 0 amide bonds. The molecule has 2 rings (SSSR count). The summed E-state index contributed by atoms with van der Waals surface area (Å²) in [6.45, 7) is 0.851. The van der Waals surface area contributed by atoms with Crippen molar-refractivity contribution in [3.8, 4) is 0 Å². The van der Waals surface area contributed by atoms with Gasteiger partial charge in [0.05, 0.1) is 5.56 Å². The van der Waals surface area contributed by atoms with E-state index in [4.69, 9.17) is 5.11 Å². The standard InChI is InChI=1S/C12H14BrNO2S/c13-9-1-2-10(12(15)16)11(5-9)14-6-8-3-4-17-7-8/h1-2,5,8,14H,3-4,6-7H2,(H,15,16). The summed E-state index contributed by atoms with van der Waals surface area (Å²) in [4.78, 5) is 11.1. The maximum Gasteiger partial charge on any atom is 0.337 e. The maximum absolute atomic E-state index is 11.1. The van der Waals surface area contributed by atoms with Gasteiger partial charge in [-0.2, -0.15) is 11.8 Å². The zero-order chi connectivity index (χ0) is 12.3. The summed E-state index contributed by atoms with van der Waals surface area (Å²) in [6.07, 6.45) is 1.22. The van der Waals surface area contributed by atoms with Gasteiger partial charge >= 0.3 is 5.97 Å². The molecule has 2 N–H and O–H groups in total. The molecule has 0 radical (unpaired) electrons. The Morgan fingerprint density at radius 2 is 2.41 bits per heavy atom. The Hall–Kier alpha value is -0.680. The van der Waals surface area contributed by atoms with Crippen LogP contribution in [0.1, 0.15) is 16.8 Å². The highest BCUT2D eigenvalue weighted by atomic mass is 79.9. The van der Waals surface area contributed by atoms with Crippen molar-refractivity contribution in [1.82, 2.24) is 0 Å². The Morgan fingerprint density at radius 3 is 3.06 bits per heavy atom. The molecule has 17 heavy (non-hydrogen) atoms. The SMILES string of the molecule is O=C(O)c1ccc(Br)cc1NCC1CCSC1. The van der Waals surface area contributed by atoms with Crippen LogP contribution in [0.5, 0.6) is 0 Å². The predicted molar refractivity (Wildman–Crippen MR) is 75.0 cm³/mol. The van der Waals surface area contributed by atoms with E-state index in [1.54, 1.807) is 12.1 Å². The van der Waals surface area contributed by atoms with Gasteiger partial charge in [-0.1, -0.05) is 15.9 Å². The molecule has 1 aromatic carbocycles. The van der Waals surface area contributed by atoms with Crippen LogP contribution in [0, 0.1) is 5.92 Å². The van der Waals surface area contributed by atoms with Crippen LogP contribution < -0.4 is 5.32 Å². The first-order valence-corrected chi connectivity index (χ1v) is 7.46. The summed E-state index contributed by atoms with van der Waals surface area (Å²) in [5, 5.41) is 12.3. The van der Waals surface area contributed by atoms with Gasteiger partial charge in [0.2, 0.25) is 0 Å². The number of carboxylic acid groups (broad SMARTS) is 1. The lowest BCUT2D eigenvalue weighted by atomic mass is 10.1. The minimum Gasteiger partial charge on any atom is -0.478 e. The lowest BCUT2D eigenvalue weighted by molar-refractivity contribution is 0.0698. The third kappa shape index (κ3) is 3.39. The van der Waals surface area contributed by atoms with Gasteiger partial charge in [-0.25, -0.2) is 4.79 Å². The molecular weight excluding hydrogens is 302 g/mol. The van der Waals surface area contributed by atoms with Crippen LogP contribution in [0.2, 0.25) is 0 Å². The molecule has 0 bridgehead atoms. The number of rotatable bonds is 4. The highest BCUT2D eigenvalue weighted by Crippen LogP contribution is 2.26. The van der Waals surface area contributed by atoms with E-state index in [-0.39, 0.29) is 0 Å². The zero-order valence-electron chi connectivity index (χ0n) is 9.28. The number of hydrogen-bond donors (Lipinski definition) is 2. The molecule has 0 aromatic heterocycles. The molecule has 1 heterocycles. The average molecular weight is 316 g/mol. The van der Waals surface area contributed by atoms with E-state index in [1.807, 2.05) is 17.8 Å². The third-order valence-electron chi connectivity index (χ3n) is 2.82. The number of carbonyl (C=O) groups is 1. The van der Waals surface area contributed by atoms with Crippen molar-refractivity contribution in [1.29, 1.82) is 0 Å². The van der Waals surface area contributed by atoms with E-state index < -0.39 is 5.97 Å². The molecule has 1 unspecified atom stereocenters. The minimum atomic E-state index is -0.888. The number of hydrogen-bond acceptors (Lipinski definition) is 3. The Kier molecular flexibility index (Phi) is 4.34. The predicted octanol–water partition coefficient (Wildman–Crippen LogP) is 3.31. The number of anilines is 1. The number of nitrogens with one attached hydrogen (secondary N) is 1. The first kappa shape index (κ1) is 12.8. The molecule has 1 aliphatic rings. The van der Waals surface area contributed by atoms with E-state index in [9.17, 15) is 4.79 Å². The Bertz CT molecular complexity index is 419. The number of benzene rings is 1. The van der Waals surface area contributed by atoms with Crippen molar-refractivity contribution >= 4 is 39.3 Å². The number of thioether (sulfide) groups is 1. The molecule has 3 nitrogen and oxygen atoms in total. The summed E-state index contributed by atoms with van der Waals surface area (Å²) in [7, 11) is 0. The molecule has 0 spiro atoms. The molecule has 1 saturated heterocycles. The van der Waals surface area contributed by atoms with Crippen molar-refractivity contribution in [2.24, 2.45) is 5.92 Å². The van der Waals surface area contributed by atoms with Crippen LogP contribution in [-0.2, 0) is 0 Å². The summed E-state index contributed by atoms with van der Waals surface area (Å²) in [6, 6.07) is 5.20. The van der Waals surface area contributed by atoms with E-state index in [0.29, 0.717) is 17.2 Å². The average Bonchev–Trinajstić information content (AvgIpc) is 2.78. The van der Waals surface area contributed by atoms with Gasteiger partial charge in [0.15, 0.2) is 0 Å². The van der Waals surface area contributed by atoms with Crippen molar-refractivity contribution in [2.75, 3.05) is 23.4 Å². The zero-order valence-corrected chi connectivity index (χ0v) is 11.7. The van der Waals surface area contributed by atoms with Gasteiger partial charge in [-0.05, 0) is 42.0 Å². The molecule has 0 saturated carbocycles. The topological polar surface area (TPSA) is 49.3 Å². The van der Waals surface area contributed by atoms with Crippen LogP contribution in [0.4, 0.5) is 5.69 Å². The first-order chi connectivity index (χ1) is 8.16.